The highest BCUT2D eigenvalue weighted by Gasteiger charge is 2.25. The number of aliphatic imine (C=N–C) groups is 1. The summed E-state index contributed by atoms with van der Waals surface area (Å²) in [5, 5.41) is 6.62. The molecule has 1 atom stereocenters. The first-order valence-electron chi connectivity index (χ1n) is 6.99. The number of halogens is 1. The monoisotopic (exact) mass is 347 g/mol. The van der Waals surface area contributed by atoms with Crippen molar-refractivity contribution in [3.05, 3.63) is 49.7 Å². The second-order valence-corrected chi connectivity index (χ2v) is 8.09. The van der Waals surface area contributed by atoms with Crippen LogP contribution in [-0.4, -0.2) is 16.0 Å². The highest BCUT2D eigenvalue weighted by atomic mass is 35.5. The number of hydrogen-bond donors (Lipinski definition) is 0. The van der Waals surface area contributed by atoms with Crippen LogP contribution in [0, 0.1) is 6.92 Å². The van der Waals surface area contributed by atoms with Gasteiger partial charge in [-0.25, -0.2) is 0 Å². The van der Waals surface area contributed by atoms with Crippen molar-refractivity contribution >= 4 is 40.5 Å². The van der Waals surface area contributed by atoms with Crippen LogP contribution in [0.2, 0.25) is 4.34 Å². The van der Waals surface area contributed by atoms with Crippen molar-refractivity contribution in [2.24, 2.45) is 12.0 Å². The molecule has 0 saturated carbocycles. The lowest BCUT2D eigenvalue weighted by molar-refractivity contribution is 0.756. The highest BCUT2D eigenvalue weighted by molar-refractivity contribution is 7.16. The normalized spacial score (nSPS) is 17.0. The van der Waals surface area contributed by atoms with Crippen molar-refractivity contribution < 1.29 is 0 Å². The molecule has 3 aromatic heterocycles. The van der Waals surface area contributed by atoms with Gasteiger partial charge < -0.3 is 0 Å². The van der Waals surface area contributed by atoms with E-state index in [-0.39, 0.29) is 5.92 Å². The van der Waals surface area contributed by atoms with Gasteiger partial charge in [0, 0.05) is 40.7 Å². The molecule has 6 heteroatoms. The van der Waals surface area contributed by atoms with E-state index >= 15 is 0 Å². The molecule has 4 heterocycles. The summed E-state index contributed by atoms with van der Waals surface area (Å²) in [4.78, 5) is 7.09. The Hall–Kier alpha value is -1.43. The molecule has 1 aliphatic rings. The molecular weight excluding hydrogens is 334 g/mol. The van der Waals surface area contributed by atoms with Crippen molar-refractivity contribution in [1.82, 2.24) is 9.78 Å². The molecule has 0 saturated heterocycles. The van der Waals surface area contributed by atoms with E-state index in [4.69, 9.17) is 11.6 Å². The summed E-state index contributed by atoms with van der Waals surface area (Å²) in [7, 11) is 1.96. The fourth-order valence-electron chi connectivity index (χ4n) is 2.97. The molecule has 0 N–H and O–H groups in total. The molecule has 1 aliphatic heterocycles. The minimum Gasteiger partial charge on any atom is -0.291 e. The van der Waals surface area contributed by atoms with Gasteiger partial charge >= 0.3 is 0 Å². The summed E-state index contributed by atoms with van der Waals surface area (Å²) in [6.45, 7) is 2.80. The fraction of sp³-hybridized carbons (Fsp3) is 0.250. The summed E-state index contributed by atoms with van der Waals surface area (Å²) < 4.78 is 2.71. The largest absolute Gasteiger partial charge is 0.291 e. The summed E-state index contributed by atoms with van der Waals surface area (Å²) in [5.41, 5.74) is 4.85. The predicted octanol–water partition coefficient (Wildman–Crippen LogP) is 4.89. The van der Waals surface area contributed by atoms with Crippen LogP contribution >= 0.6 is 34.3 Å². The van der Waals surface area contributed by atoms with Gasteiger partial charge in [-0.1, -0.05) is 11.6 Å². The van der Waals surface area contributed by atoms with Gasteiger partial charge in [-0.15, -0.1) is 22.7 Å². The molecule has 0 aromatic carbocycles. The molecule has 1 unspecified atom stereocenters. The van der Waals surface area contributed by atoms with Gasteiger partial charge in [0.25, 0.3) is 0 Å². The van der Waals surface area contributed by atoms with Crippen LogP contribution < -0.4 is 0 Å². The third kappa shape index (κ3) is 2.24. The Balaban J connectivity index is 1.85. The van der Waals surface area contributed by atoms with E-state index in [2.05, 4.69) is 46.9 Å². The zero-order valence-corrected chi connectivity index (χ0v) is 14.6. The van der Waals surface area contributed by atoms with E-state index < -0.39 is 0 Å². The molecule has 0 amide bonds. The molecule has 0 aliphatic carbocycles. The maximum atomic E-state index is 6.22. The van der Waals surface area contributed by atoms with Crippen molar-refractivity contribution in [2.45, 2.75) is 19.4 Å². The van der Waals surface area contributed by atoms with E-state index in [0.717, 1.165) is 16.6 Å². The van der Waals surface area contributed by atoms with Crippen molar-refractivity contribution in [1.29, 1.82) is 0 Å². The zero-order chi connectivity index (χ0) is 15.3. The van der Waals surface area contributed by atoms with Crippen LogP contribution in [0.15, 0.2) is 28.7 Å². The van der Waals surface area contributed by atoms with Gasteiger partial charge in [-0.2, -0.15) is 5.10 Å². The van der Waals surface area contributed by atoms with Crippen LogP contribution in [0.25, 0.3) is 10.4 Å². The third-order valence-electron chi connectivity index (χ3n) is 3.92. The minimum absolute atomic E-state index is 0.188. The molecule has 0 bridgehead atoms. The molecule has 0 fully saturated rings. The van der Waals surface area contributed by atoms with Crippen LogP contribution in [0.4, 0.5) is 0 Å². The summed E-state index contributed by atoms with van der Waals surface area (Å²) >= 11 is 9.61. The molecule has 0 radical (unpaired) electrons. The van der Waals surface area contributed by atoms with E-state index in [9.17, 15) is 0 Å². The molecule has 4 rings (SSSR count). The lowest BCUT2D eigenvalue weighted by atomic mass is 9.90. The van der Waals surface area contributed by atoms with Crippen LogP contribution in [0.3, 0.4) is 0 Å². The average molecular weight is 348 g/mol. The molecule has 22 heavy (non-hydrogen) atoms. The highest BCUT2D eigenvalue weighted by Crippen LogP contribution is 2.42. The summed E-state index contributed by atoms with van der Waals surface area (Å²) in [6.07, 6.45) is 4.15. The second-order valence-electron chi connectivity index (χ2n) is 5.40. The maximum Gasteiger partial charge on any atom is 0.0935 e. The van der Waals surface area contributed by atoms with Crippen molar-refractivity contribution in [3.8, 4) is 10.4 Å². The number of fused-ring (bicyclic) bond motifs is 1. The first-order chi connectivity index (χ1) is 10.6. The SMILES string of the molecule is Cc1nn(C)cc1-c1sccc1C1C=NCc2sc(Cl)cc21. The van der Waals surface area contributed by atoms with Crippen LogP contribution in [0.5, 0.6) is 0 Å². The lowest BCUT2D eigenvalue weighted by Gasteiger charge is -2.17. The van der Waals surface area contributed by atoms with Crippen molar-refractivity contribution in [3.63, 3.8) is 0 Å². The Kier molecular flexibility index (Phi) is 3.44. The van der Waals surface area contributed by atoms with E-state index in [1.165, 1.54) is 26.4 Å². The Morgan fingerprint density at radius 3 is 3.00 bits per heavy atom. The quantitative estimate of drug-likeness (QED) is 0.649. The molecular formula is C16H14ClN3S2. The van der Waals surface area contributed by atoms with Gasteiger partial charge in [0.15, 0.2) is 0 Å². The average Bonchev–Trinajstić information content (AvgIpc) is 3.15. The van der Waals surface area contributed by atoms with Gasteiger partial charge in [0.1, 0.15) is 0 Å². The van der Waals surface area contributed by atoms with Gasteiger partial charge in [0.2, 0.25) is 0 Å². The summed E-state index contributed by atoms with van der Waals surface area (Å²) in [6, 6.07) is 4.29. The number of nitrogens with zero attached hydrogens (tertiary/aromatic N) is 3. The number of rotatable bonds is 2. The van der Waals surface area contributed by atoms with E-state index in [1.807, 2.05) is 11.7 Å². The topological polar surface area (TPSA) is 30.2 Å². The first kappa shape index (κ1) is 14.2. The molecule has 3 nitrogen and oxygen atoms in total. The first-order valence-corrected chi connectivity index (χ1v) is 9.07. The Morgan fingerprint density at radius 1 is 1.36 bits per heavy atom. The zero-order valence-electron chi connectivity index (χ0n) is 12.2. The molecule has 3 aromatic rings. The molecule has 112 valence electrons. The number of thiophene rings is 2. The maximum absolute atomic E-state index is 6.22. The van der Waals surface area contributed by atoms with Crippen LogP contribution in [-0.2, 0) is 13.6 Å². The van der Waals surface area contributed by atoms with Crippen molar-refractivity contribution in [2.75, 3.05) is 0 Å². The second kappa shape index (κ2) is 5.33. The lowest BCUT2D eigenvalue weighted by Crippen LogP contribution is -2.08. The standard InChI is InChI=1S/C16H14ClN3S2/c1-9-13(8-20(2)19-9)16-10(3-4-21-16)12-6-18-7-14-11(12)5-15(17)22-14/h3-6,8,12H,7H2,1-2H3. The van der Waals surface area contributed by atoms with E-state index in [1.54, 1.807) is 22.7 Å². The predicted molar refractivity (Wildman–Crippen MR) is 94.6 cm³/mol. The fourth-order valence-corrected chi connectivity index (χ4v) is 5.24. The van der Waals surface area contributed by atoms with Gasteiger partial charge in [-0.3, -0.25) is 9.67 Å². The smallest absolute Gasteiger partial charge is 0.0935 e. The van der Waals surface area contributed by atoms with Gasteiger partial charge in [-0.05, 0) is 35.6 Å². The Morgan fingerprint density at radius 2 is 2.23 bits per heavy atom. The number of aromatic nitrogens is 2. The summed E-state index contributed by atoms with van der Waals surface area (Å²) in [5.74, 6) is 0.188. The minimum atomic E-state index is 0.188. The Bertz CT molecular complexity index is 872. The van der Waals surface area contributed by atoms with E-state index in [0.29, 0.717) is 0 Å². The van der Waals surface area contributed by atoms with Gasteiger partial charge in [0.05, 0.1) is 16.6 Å². The van der Waals surface area contributed by atoms with Crippen LogP contribution in [0.1, 0.15) is 27.6 Å². The third-order valence-corrected chi connectivity index (χ3v) is 6.15. The number of aryl methyl sites for hydroxylation is 2. The molecule has 0 spiro atoms. The number of hydrogen-bond acceptors (Lipinski definition) is 4. The Labute approximate surface area is 141 Å².